The Hall–Kier alpha value is -1.30. The van der Waals surface area contributed by atoms with Gasteiger partial charge in [0, 0.05) is 24.8 Å². The molecule has 1 aromatic rings. The summed E-state index contributed by atoms with van der Waals surface area (Å²) < 4.78 is 36.7. The number of pyridine rings is 1. The maximum absolute atomic E-state index is 12.2. The van der Waals surface area contributed by atoms with E-state index in [-0.39, 0.29) is 5.56 Å². The highest BCUT2D eigenvalue weighted by atomic mass is 19.4. The molecule has 2 heterocycles. The molecule has 1 saturated heterocycles. The Bertz CT molecular complexity index is 371. The van der Waals surface area contributed by atoms with E-state index in [0.29, 0.717) is 5.82 Å². The molecule has 1 aliphatic heterocycles. The summed E-state index contributed by atoms with van der Waals surface area (Å²) in [6.45, 7) is 1.77. The third kappa shape index (κ3) is 2.69. The number of aliphatic hydroxyl groups excluding tert-OH is 1. The standard InChI is InChI=1S/C11H13F3N2O/c12-11(13,14)10(17)8-3-4-9(15-7-8)16-5-1-2-6-16/h3-4,7,10,17H,1-2,5-6H2/t10-/m1/s1. The molecule has 6 heteroatoms. The van der Waals surface area contributed by atoms with Gasteiger partial charge < -0.3 is 10.0 Å². The minimum Gasteiger partial charge on any atom is -0.379 e. The lowest BCUT2D eigenvalue weighted by atomic mass is 10.1. The number of halogens is 3. The molecule has 0 unspecified atom stereocenters. The van der Waals surface area contributed by atoms with E-state index >= 15 is 0 Å². The molecule has 94 valence electrons. The molecule has 2 rings (SSSR count). The van der Waals surface area contributed by atoms with E-state index in [0.717, 1.165) is 32.1 Å². The second-order valence-corrected chi connectivity index (χ2v) is 4.09. The van der Waals surface area contributed by atoms with Gasteiger partial charge in [0.1, 0.15) is 5.82 Å². The smallest absolute Gasteiger partial charge is 0.379 e. The predicted octanol–water partition coefficient (Wildman–Crippen LogP) is 2.28. The minimum absolute atomic E-state index is 0.222. The average Bonchev–Trinajstić information content (AvgIpc) is 2.80. The van der Waals surface area contributed by atoms with Crippen LogP contribution in [0.2, 0.25) is 0 Å². The number of anilines is 1. The molecule has 1 fully saturated rings. The van der Waals surface area contributed by atoms with Crippen molar-refractivity contribution in [3.8, 4) is 0 Å². The fourth-order valence-corrected chi connectivity index (χ4v) is 1.88. The first kappa shape index (κ1) is 12.2. The van der Waals surface area contributed by atoms with Gasteiger partial charge in [-0.1, -0.05) is 6.07 Å². The molecular weight excluding hydrogens is 233 g/mol. The predicted molar refractivity (Wildman–Crippen MR) is 56.7 cm³/mol. The van der Waals surface area contributed by atoms with Gasteiger partial charge in [0.2, 0.25) is 0 Å². The molecule has 0 radical (unpaired) electrons. The molecule has 0 saturated carbocycles. The quantitative estimate of drug-likeness (QED) is 0.869. The summed E-state index contributed by atoms with van der Waals surface area (Å²) in [6.07, 6.45) is -3.85. The largest absolute Gasteiger partial charge is 0.418 e. The van der Waals surface area contributed by atoms with Crippen LogP contribution in [-0.2, 0) is 0 Å². The third-order valence-corrected chi connectivity index (χ3v) is 2.83. The van der Waals surface area contributed by atoms with Crippen molar-refractivity contribution in [3.05, 3.63) is 23.9 Å². The average molecular weight is 246 g/mol. The fraction of sp³-hybridized carbons (Fsp3) is 0.545. The Kier molecular flexibility index (Phi) is 3.24. The Morgan fingerprint density at radius 2 is 1.88 bits per heavy atom. The van der Waals surface area contributed by atoms with Crippen molar-refractivity contribution in [3.63, 3.8) is 0 Å². The van der Waals surface area contributed by atoms with Crippen LogP contribution in [0.5, 0.6) is 0 Å². The number of hydrogen-bond donors (Lipinski definition) is 1. The van der Waals surface area contributed by atoms with Crippen molar-refractivity contribution in [1.29, 1.82) is 0 Å². The number of aliphatic hydroxyl groups is 1. The maximum Gasteiger partial charge on any atom is 0.418 e. The molecule has 17 heavy (non-hydrogen) atoms. The van der Waals surface area contributed by atoms with Crippen molar-refractivity contribution < 1.29 is 18.3 Å². The van der Waals surface area contributed by atoms with Crippen LogP contribution in [-0.4, -0.2) is 29.4 Å². The second-order valence-electron chi connectivity index (χ2n) is 4.09. The van der Waals surface area contributed by atoms with Crippen molar-refractivity contribution >= 4 is 5.82 Å². The van der Waals surface area contributed by atoms with E-state index in [1.807, 2.05) is 4.90 Å². The van der Waals surface area contributed by atoms with Gasteiger partial charge in [0.25, 0.3) is 0 Å². The van der Waals surface area contributed by atoms with E-state index in [2.05, 4.69) is 4.98 Å². The van der Waals surface area contributed by atoms with Crippen molar-refractivity contribution in [2.45, 2.75) is 25.1 Å². The summed E-state index contributed by atoms with van der Waals surface area (Å²) in [4.78, 5) is 5.98. The molecule has 0 spiro atoms. The van der Waals surface area contributed by atoms with Gasteiger partial charge in [-0.2, -0.15) is 13.2 Å². The number of nitrogens with zero attached hydrogens (tertiary/aromatic N) is 2. The summed E-state index contributed by atoms with van der Waals surface area (Å²) >= 11 is 0. The lowest BCUT2D eigenvalue weighted by Gasteiger charge is -2.18. The molecule has 1 aliphatic rings. The molecule has 1 atom stereocenters. The van der Waals surface area contributed by atoms with Crippen molar-refractivity contribution in [2.75, 3.05) is 18.0 Å². The van der Waals surface area contributed by atoms with E-state index in [1.165, 1.54) is 12.1 Å². The first-order valence-electron chi connectivity index (χ1n) is 5.44. The highest BCUT2D eigenvalue weighted by Gasteiger charge is 2.39. The Morgan fingerprint density at radius 3 is 2.35 bits per heavy atom. The molecule has 0 bridgehead atoms. The monoisotopic (exact) mass is 246 g/mol. The first-order chi connectivity index (χ1) is 7.98. The topological polar surface area (TPSA) is 36.4 Å². The molecule has 0 aromatic carbocycles. The van der Waals surface area contributed by atoms with Gasteiger partial charge in [-0.05, 0) is 18.9 Å². The number of rotatable bonds is 2. The zero-order valence-corrected chi connectivity index (χ0v) is 9.11. The maximum atomic E-state index is 12.2. The van der Waals surface area contributed by atoms with Crippen LogP contribution in [0.3, 0.4) is 0 Å². The van der Waals surface area contributed by atoms with Gasteiger partial charge >= 0.3 is 6.18 Å². The van der Waals surface area contributed by atoms with Gasteiger partial charge in [0.15, 0.2) is 6.10 Å². The molecule has 3 nitrogen and oxygen atoms in total. The van der Waals surface area contributed by atoms with Gasteiger partial charge in [-0.15, -0.1) is 0 Å². The van der Waals surface area contributed by atoms with Crippen LogP contribution < -0.4 is 4.90 Å². The third-order valence-electron chi connectivity index (χ3n) is 2.83. The Morgan fingerprint density at radius 1 is 1.24 bits per heavy atom. The second kappa shape index (κ2) is 4.52. The molecule has 0 amide bonds. The zero-order valence-electron chi connectivity index (χ0n) is 9.11. The number of aromatic nitrogens is 1. The fourth-order valence-electron chi connectivity index (χ4n) is 1.88. The van der Waals surface area contributed by atoms with Crippen molar-refractivity contribution in [1.82, 2.24) is 4.98 Å². The summed E-state index contributed by atoms with van der Waals surface area (Å²) in [5, 5.41) is 9.03. The Labute approximate surface area is 96.9 Å². The van der Waals surface area contributed by atoms with Gasteiger partial charge in [0.05, 0.1) is 0 Å². The summed E-state index contributed by atoms with van der Waals surface area (Å²) in [5.74, 6) is 0.667. The lowest BCUT2D eigenvalue weighted by molar-refractivity contribution is -0.206. The van der Waals surface area contributed by atoms with Gasteiger partial charge in [-0.25, -0.2) is 4.98 Å². The highest BCUT2D eigenvalue weighted by Crippen LogP contribution is 2.32. The summed E-state index contributed by atoms with van der Waals surface area (Å²) in [7, 11) is 0. The SMILES string of the molecule is O[C@H](c1ccc(N2CCCC2)nc1)C(F)(F)F. The lowest BCUT2D eigenvalue weighted by Crippen LogP contribution is -2.22. The van der Waals surface area contributed by atoms with Crippen LogP contribution in [0, 0.1) is 0 Å². The van der Waals surface area contributed by atoms with E-state index < -0.39 is 12.3 Å². The van der Waals surface area contributed by atoms with Crippen LogP contribution in [0.4, 0.5) is 19.0 Å². The number of alkyl halides is 3. The molecule has 1 aromatic heterocycles. The van der Waals surface area contributed by atoms with E-state index in [1.54, 1.807) is 0 Å². The van der Waals surface area contributed by atoms with E-state index in [9.17, 15) is 13.2 Å². The van der Waals surface area contributed by atoms with Crippen LogP contribution in [0.1, 0.15) is 24.5 Å². The van der Waals surface area contributed by atoms with E-state index in [4.69, 9.17) is 5.11 Å². The van der Waals surface area contributed by atoms with Crippen LogP contribution >= 0.6 is 0 Å². The van der Waals surface area contributed by atoms with Crippen LogP contribution in [0.25, 0.3) is 0 Å². The number of hydrogen-bond acceptors (Lipinski definition) is 3. The molecular formula is C11H13F3N2O. The molecule has 1 N–H and O–H groups in total. The zero-order chi connectivity index (χ0) is 12.5. The van der Waals surface area contributed by atoms with Gasteiger partial charge in [-0.3, -0.25) is 0 Å². The van der Waals surface area contributed by atoms with Crippen LogP contribution in [0.15, 0.2) is 18.3 Å². The highest BCUT2D eigenvalue weighted by molar-refractivity contribution is 5.40. The Balaban J connectivity index is 2.12. The minimum atomic E-state index is -4.64. The molecule has 0 aliphatic carbocycles. The van der Waals surface area contributed by atoms with Crippen molar-refractivity contribution in [2.24, 2.45) is 0 Å². The summed E-state index contributed by atoms with van der Waals surface area (Å²) in [6, 6.07) is 2.80. The summed E-state index contributed by atoms with van der Waals surface area (Å²) in [5.41, 5.74) is -0.222. The first-order valence-corrected chi connectivity index (χ1v) is 5.44. The normalized spacial score (nSPS) is 18.5.